The van der Waals surface area contributed by atoms with Gasteiger partial charge in [-0.1, -0.05) is 55.3 Å². The summed E-state index contributed by atoms with van der Waals surface area (Å²) in [5.41, 5.74) is 1.70. The second-order valence-corrected chi connectivity index (χ2v) is 23.7. The van der Waals surface area contributed by atoms with Crippen LogP contribution in [0.3, 0.4) is 0 Å². The zero-order valence-electron chi connectivity index (χ0n) is 47.7. The van der Waals surface area contributed by atoms with Crippen molar-refractivity contribution < 1.29 is 36.9 Å². The summed E-state index contributed by atoms with van der Waals surface area (Å²) in [5, 5.41) is 22.4. The van der Waals surface area contributed by atoms with E-state index < -0.39 is 40.7 Å². The molecule has 2 fully saturated rings. The Morgan fingerprint density at radius 1 is 0.807 bits per heavy atom. The van der Waals surface area contributed by atoms with Gasteiger partial charge in [-0.2, -0.15) is 5.26 Å². The quantitative estimate of drug-likeness (QED) is 0.151. The first-order chi connectivity index (χ1) is 40.3. The Kier molecular flexibility index (Phi) is 17.9. The number of methoxy groups -OCH3 is 1. The predicted molar refractivity (Wildman–Crippen MR) is 315 cm³/mol. The Bertz CT molecular complexity index is 3530. The van der Waals surface area contributed by atoms with E-state index in [0.717, 1.165) is 52.1 Å². The Balaban J connectivity index is 0.990. The number of nitrogens with zero attached hydrogens (tertiary/aromatic N) is 7. The number of nitrogens with one attached hydrogen (secondary N) is 3. The van der Waals surface area contributed by atoms with Crippen LogP contribution >= 0.6 is 11.3 Å². The first-order valence-corrected chi connectivity index (χ1v) is 30.0. The molecule has 12 rings (SSSR count). The first-order valence-electron chi connectivity index (χ1n) is 29.2. The van der Waals surface area contributed by atoms with Gasteiger partial charge in [0, 0.05) is 57.3 Å². The number of piperidine rings is 1. The van der Waals surface area contributed by atoms with Gasteiger partial charge < -0.3 is 39.2 Å². The van der Waals surface area contributed by atoms with E-state index in [4.69, 9.17) is 38.6 Å². The Labute approximate surface area is 486 Å². The van der Waals surface area contributed by atoms with Gasteiger partial charge >= 0.3 is 0 Å². The van der Waals surface area contributed by atoms with Crippen molar-refractivity contribution >= 4 is 44.9 Å². The van der Waals surface area contributed by atoms with Gasteiger partial charge in [0.25, 0.3) is 11.5 Å². The van der Waals surface area contributed by atoms with Gasteiger partial charge in [0.15, 0.2) is 11.5 Å². The third kappa shape index (κ3) is 12.6. The number of ether oxygens (including phenoxy) is 5. The average Bonchev–Trinajstić information content (AvgIpc) is 2.22. The Hall–Kier alpha value is -6.73. The van der Waals surface area contributed by atoms with Crippen molar-refractivity contribution in [2.45, 2.75) is 115 Å². The van der Waals surface area contributed by atoms with Crippen LogP contribution in [0.1, 0.15) is 123 Å². The van der Waals surface area contributed by atoms with Crippen molar-refractivity contribution in [2.75, 3.05) is 83.7 Å². The van der Waals surface area contributed by atoms with E-state index in [-0.39, 0.29) is 48.3 Å². The summed E-state index contributed by atoms with van der Waals surface area (Å²) < 4.78 is 80.9. The van der Waals surface area contributed by atoms with Crippen LogP contribution in [0.2, 0.25) is 0 Å². The van der Waals surface area contributed by atoms with E-state index in [1.807, 2.05) is 25.1 Å². The second kappa shape index (κ2) is 25.6. The number of pyridine rings is 1. The molecular weight excluding hydrogens is 1080 g/mol. The summed E-state index contributed by atoms with van der Waals surface area (Å²) in [6, 6.07) is 23.3. The number of aromatic nitrogens is 5. The van der Waals surface area contributed by atoms with E-state index in [2.05, 4.69) is 69.2 Å². The molecule has 16 nitrogen and oxygen atoms in total. The van der Waals surface area contributed by atoms with Gasteiger partial charge in [-0.25, -0.2) is 33.1 Å². The molecule has 0 radical (unpaired) electrons. The fourth-order valence-corrected chi connectivity index (χ4v) is 13.2. The fraction of sp³-hybridized carbons (Fsp3) is 0.492. The highest BCUT2D eigenvalue weighted by Crippen LogP contribution is 2.48. The third-order valence-corrected chi connectivity index (χ3v) is 18.5. The number of halogens is 3. The molecule has 3 unspecified atom stereocenters. The molecule has 20 heteroatoms. The van der Waals surface area contributed by atoms with E-state index in [0.29, 0.717) is 130 Å². The van der Waals surface area contributed by atoms with E-state index >= 15 is 18.0 Å². The van der Waals surface area contributed by atoms with Crippen LogP contribution in [-0.2, 0) is 38.5 Å². The number of fused-ring (bicyclic) bond motifs is 14. The zero-order chi connectivity index (χ0) is 57.7. The largest absolute Gasteiger partial charge is 0.493 e. The highest BCUT2D eigenvalue weighted by molar-refractivity contribution is 7.15. The standard InChI is InChI=1S/C63H73F3N10O6S/c1-39-45-14-10-15-49(57(45)64)63(65,66)44-18-23-75(24-19-44)22-9-5-6-11-42(41(3)76-60-48(58(71-39)69-37-70-60)32-50(61(76)77)62(36-67)20-21-62)31-56-73-51-34-52(78-4)53-33-47(51)59(74-56)72-40(2)54-16-17-55(83-54)46-13-8-7-12-43(46)35-68-38-81-28-27-79-25-26-80-29-30-82-53/h7-8,10,12-17,32-34,37,39-42,44,68H,5-6,9,11,18-31,35,38H2,1-4H3,(H,69,70,71)(H,72,73,74)/t39-,40?,41?,42?/m1/s1. The fourth-order valence-electron chi connectivity index (χ4n) is 12.1. The molecule has 4 aromatic heterocycles. The lowest BCUT2D eigenvalue weighted by molar-refractivity contribution is -0.0880. The van der Waals surface area contributed by atoms with Crippen molar-refractivity contribution in [1.82, 2.24) is 34.7 Å². The van der Waals surface area contributed by atoms with Crippen LogP contribution < -0.4 is 31.0 Å². The molecule has 5 aliphatic rings. The summed E-state index contributed by atoms with van der Waals surface area (Å²) in [6.07, 6.45) is 6.38. The number of rotatable bonds is 4. The maximum Gasteiger partial charge on any atom is 0.278 e. The molecule has 1 saturated carbocycles. The van der Waals surface area contributed by atoms with E-state index in [1.165, 1.54) is 24.5 Å². The SMILES string of the molecule is COc1cc2nc(CC3CCCCCN4CCC(CC4)C(F)(F)c4cccc(c4F)[C@@H](C)Nc4ncnc5c4cc(C4(C#N)CC4)c(=O)n5C3C)nc3c2cc1OCCOCCOCCOCNCc1ccccc1-c1ccc(s1)C(C)N3. The minimum absolute atomic E-state index is 0.0631. The number of nitriles is 1. The van der Waals surface area contributed by atoms with Crippen LogP contribution in [0.4, 0.5) is 24.8 Å². The van der Waals surface area contributed by atoms with Crippen molar-refractivity contribution in [3.05, 3.63) is 128 Å². The average molecular weight is 1160 g/mol. The maximum absolute atomic E-state index is 16.6. The Morgan fingerprint density at radius 3 is 2.36 bits per heavy atom. The molecule has 3 N–H and O–H groups in total. The summed E-state index contributed by atoms with van der Waals surface area (Å²) in [6.45, 7) is 10.9. The molecule has 8 heterocycles. The number of thiophene rings is 1. The van der Waals surface area contributed by atoms with Crippen LogP contribution in [0.5, 0.6) is 11.5 Å². The molecule has 4 atom stereocenters. The second-order valence-electron chi connectivity index (χ2n) is 22.5. The van der Waals surface area contributed by atoms with Gasteiger partial charge in [0.05, 0.1) is 86.9 Å². The first kappa shape index (κ1) is 58.1. The van der Waals surface area contributed by atoms with Crippen molar-refractivity contribution in [3.8, 4) is 28.0 Å². The molecule has 438 valence electrons. The van der Waals surface area contributed by atoms with Crippen molar-refractivity contribution in [1.29, 1.82) is 5.26 Å². The van der Waals surface area contributed by atoms with Crippen LogP contribution in [-0.4, -0.2) is 103 Å². The summed E-state index contributed by atoms with van der Waals surface area (Å²) in [4.78, 5) is 39.8. The number of hydrogen-bond donors (Lipinski definition) is 3. The molecule has 83 heavy (non-hydrogen) atoms. The smallest absolute Gasteiger partial charge is 0.278 e. The van der Waals surface area contributed by atoms with Crippen molar-refractivity contribution in [3.63, 3.8) is 0 Å². The van der Waals surface area contributed by atoms with Gasteiger partial charge in [0.1, 0.15) is 41.9 Å². The molecule has 3 aromatic carbocycles. The molecule has 0 spiro atoms. The molecular formula is C63H73F3N10O6S. The maximum atomic E-state index is 16.6. The molecule has 12 bridgehead atoms. The molecule has 0 amide bonds. The predicted octanol–water partition coefficient (Wildman–Crippen LogP) is 11.8. The van der Waals surface area contributed by atoms with Crippen molar-refractivity contribution in [2.24, 2.45) is 11.8 Å². The monoisotopic (exact) mass is 1150 g/mol. The highest BCUT2D eigenvalue weighted by atomic mass is 32.1. The Morgan fingerprint density at radius 2 is 1.58 bits per heavy atom. The van der Waals surface area contributed by atoms with Gasteiger partial charge in [-0.3, -0.25) is 14.7 Å². The summed E-state index contributed by atoms with van der Waals surface area (Å²) >= 11 is 1.71. The lowest BCUT2D eigenvalue weighted by Gasteiger charge is -2.36. The number of hydrogen-bond acceptors (Lipinski definition) is 16. The topological polar surface area (TPSA) is 183 Å². The minimum atomic E-state index is -3.38. The lowest BCUT2D eigenvalue weighted by Crippen LogP contribution is -2.40. The van der Waals surface area contributed by atoms with Gasteiger partial charge in [0.2, 0.25) is 0 Å². The summed E-state index contributed by atoms with van der Waals surface area (Å²) in [7, 11) is 1.60. The number of benzene rings is 3. The highest BCUT2D eigenvalue weighted by Gasteiger charge is 2.48. The van der Waals surface area contributed by atoms with Crippen LogP contribution in [0, 0.1) is 29.0 Å². The molecule has 1 saturated heterocycles. The third-order valence-electron chi connectivity index (χ3n) is 17.2. The number of alkyl halides is 2. The van der Waals surface area contributed by atoms with Gasteiger partial charge in [-0.05, 0) is 120 Å². The molecule has 4 aliphatic heterocycles. The molecule has 1 aliphatic carbocycles. The van der Waals surface area contributed by atoms with Gasteiger partial charge in [-0.15, -0.1) is 11.3 Å². The number of anilines is 2. The van der Waals surface area contributed by atoms with E-state index in [9.17, 15) is 5.26 Å². The molecule has 7 aromatic rings. The van der Waals surface area contributed by atoms with Crippen LogP contribution in [0.25, 0.3) is 32.4 Å². The normalized spacial score (nSPS) is 23.8. The minimum Gasteiger partial charge on any atom is -0.493 e. The summed E-state index contributed by atoms with van der Waals surface area (Å²) in [5.74, 6) is -3.17. The lowest BCUT2D eigenvalue weighted by atomic mass is 9.85. The van der Waals surface area contributed by atoms with Crippen LogP contribution in [0.15, 0.2) is 83.9 Å². The van der Waals surface area contributed by atoms with E-state index in [1.54, 1.807) is 36.0 Å². The zero-order valence-corrected chi connectivity index (χ0v) is 48.5.